The second kappa shape index (κ2) is 10.9. The fourth-order valence-electron chi connectivity index (χ4n) is 4.33. The van der Waals surface area contributed by atoms with Crippen molar-refractivity contribution >= 4 is 33.2 Å². The van der Waals surface area contributed by atoms with E-state index in [4.69, 9.17) is 9.05 Å². The van der Waals surface area contributed by atoms with Crippen molar-refractivity contribution in [2.24, 2.45) is 0 Å². The summed E-state index contributed by atoms with van der Waals surface area (Å²) in [7, 11) is -13.6. The van der Waals surface area contributed by atoms with Crippen LogP contribution in [0.25, 0.3) is 0 Å². The third-order valence-electron chi connectivity index (χ3n) is 6.14. The number of allylic oxidation sites excluding steroid dienone is 1. The van der Waals surface area contributed by atoms with Gasteiger partial charge in [0.05, 0.1) is 23.0 Å². The first-order chi connectivity index (χ1) is 18.4. The summed E-state index contributed by atoms with van der Waals surface area (Å²) in [6.07, 6.45) is 0.874. The molecule has 1 N–H and O–H groups in total. The van der Waals surface area contributed by atoms with Crippen LogP contribution < -0.4 is 4.72 Å². The van der Waals surface area contributed by atoms with Crippen LogP contribution in [0.2, 0.25) is 0 Å². The van der Waals surface area contributed by atoms with Crippen molar-refractivity contribution in [3.63, 3.8) is 0 Å². The van der Waals surface area contributed by atoms with Gasteiger partial charge in [-0.3, -0.25) is 9.36 Å². The maximum Gasteiger partial charge on any atom is 0.360 e. The van der Waals surface area contributed by atoms with Crippen molar-refractivity contribution in [3.8, 4) is 0 Å². The Balaban J connectivity index is 2.10. The van der Waals surface area contributed by atoms with Gasteiger partial charge in [-0.1, -0.05) is 60.2 Å². The summed E-state index contributed by atoms with van der Waals surface area (Å²) in [5.41, 5.74) is 0.592. The average Bonchev–Trinajstić information content (AvgIpc) is 2.91. The summed E-state index contributed by atoms with van der Waals surface area (Å²) >= 11 is 0. The first kappa shape index (κ1) is 29.1. The Morgan fingerprint density at radius 3 is 1.95 bits per heavy atom. The summed E-state index contributed by atoms with van der Waals surface area (Å²) in [6.45, 7) is 4.55. The predicted octanol–water partition coefficient (Wildman–Crippen LogP) is 4.95. The molecule has 0 radical (unpaired) electrons. The van der Waals surface area contributed by atoms with Crippen LogP contribution in [0.15, 0.2) is 99.6 Å². The van der Waals surface area contributed by atoms with Gasteiger partial charge in [0, 0.05) is 11.1 Å². The van der Waals surface area contributed by atoms with Gasteiger partial charge >= 0.3 is 7.60 Å². The molecule has 39 heavy (non-hydrogen) atoms. The fraction of sp³-hybridized carbons (Fsp3) is 0.222. The number of fused-ring (bicyclic) bond motifs is 1. The molecule has 1 aliphatic rings. The summed E-state index contributed by atoms with van der Waals surface area (Å²) in [4.78, 5) is 12.6. The van der Waals surface area contributed by atoms with Crippen LogP contribution in [0.5, 0.6) is 0 Å². The van der Waals surface area contributed by atoms with Crippen molar-refractivity contribution < 1.29 is 35.2 Å². The van der Waals surface area contributed by atoms with Gasteiger partial charge in [0.2, 0.25) is 25.6 Å². The van der Waals surface area contributed by atoms with Crippen molar-refractivity contribution in [1.82, 2.24) is 4.72 Å². The zero-order valence-corrected chi connectivity index (χ0v) is 24.1. The minimum absolute atomic E-state index is 0.0532. The monoisotopic (exact) mass is 589 g/mol. The minimum atomic E-state index is -4.59. The van der Waals surface area contributed by atoms with Gasteiger partial charge in [-0.2, -0.15) is 4.72 Å². The van der Waals surface area contributed by atoms with Crippen LogP contribution >= 0.6 is 7.60 Å². The van der Waals surface area contributed by atoms with Crippen LogP contribution in [0.3, 0.4) is 0 Å². The fourth-order valence-corrected chi connectivity index (χ4v) is 9.81. The second-order valence-corrected chi connectivity index (χ2v) is 14.5. The smallest absolute Gasteiger partial charge is 0.307 e. The second-order valence-electron chi connectivity index (χ2n) is 8.72. The largest absolute Gasteiger partial charge is 0.360 e. The van der Waals surface area contributed by atoms with Crippen LogP contribution in [0.4, 0.5) is 0 Å². The van der Waals surface area contributed by atoms with Crippen LogP contribution in [-0.2, 0) is 38.8 Å². The standard InChI is InChI=1S/C27H28NO8PS2/c1-4-35-37(30,36-5-2)27(28-39(33,34)22-11-7-6-8-12-22)19-25(26(29)23-13-9-10-14-24(23)27)38(31,32)21-17-15-20(3)16-18-21/h6-19,28H,4-5H2,1-3H3. The molecule has 0 aromatic heterocycles. The quantitative estimate of drug-likeness (QED) is 0.329. The van der Waals surface area contributed by atoms with E-state index in [1.165, 1.54) is 60.7 Å². The van der Waals surface area contributed by atoms with E-state index in [0.29, 0.717) is 0 Å². The van der Waals surface area contributed by atoms with E-state index < -0.39 is 43.4 Å². The first-order valence-corrected chi connectivity index (χ1v) is 16.6. The molecule has 3 aromatic rings. The molecule has 3 aromatic carbocycles. The maximum atomic E-state index is 14.6. The molecule has 0 heterocycles. The van der Waals surface area contributed by atoms with E-state index in [1.54, 1.807) is 39.0 Å². The average molecular weight is 590 g/mol. The molecule has 12 heteroatoms. The number of hydrogen-bond donors (Lipinski definition) is 1. The topological polar surface area (TPSA) is 133 Å². The zero-order chi connectivity index (χ0) is 28.5. The number of nitrogens with one attached hydrogen (secondary N) is 1. The summed E-state index contributed by atoms with van der Waals surface area (Å²) < 4.78 is 83.4. The summed E-state index contributed by atoms with van der Waals surface area (Å²) in [6, 6.07) is 18.9. The lowest BCUT2D eigenvalue weighted by atomic mass is 9.92. The van der Waals surface area contributed by atoms with E-state index >= 15 is 0 Å². The molecule has 1 aliphatic carbocycles. The van der Waals surface area contributed by atoms with Crippen LogP contribution in [-0.4, -0.2) is 35.8 Å². The molecule has 0 aliphatic heterocycles. The SMILES string of the molecule is CCOP(=O)(OCC)C1(NS(=O)(=O)c2ccccc2)C=C(S(=O)(=O)c2ccc(C)cc2)C(=O)c2ccccc21. The Labute approximate surface area is 228 Å². The number of sulfone groups is 1. The number of carbonyl (C=O) groups excluding carboxylic acids is 1. The lowest BCUT2D eigenvalue weighted by Gasteiger charge is -2.40. The number of hydrogen-bond acceptors (Lipinski definition) is 8. The van der Waals surface area contributed by atoms with Gasteiger partial charge in [-0.15, -0.1) is 0 Å². The lowest BCUT2D eigenvalue weighted by molar-refractivity contribution is 0.103. The Kier molecular flexibility index (Phi) is 8.14. The van der Waals surface area contributed by atoms with E-state index in [0.717, 1.165) is 11.6 Å². The van der Waals surface area contributed by atoms with Crippen molar-refractivity contribution in [2.75, 3.05) is 13.2 Å². The van der Waals surface area contributed by atoms with Gasteiger partial charge < -0.3 is 9.05 Å². The molecule has 9 nitrogen and oxygen atoms in total. The number of rotatable bonds is 10. The third-order valence-corrected chi connectivity index (χ3v) is 12.1. The van der Waals surface area contributed by atoms with Crippen molar-refractivity contribution in [3.05, 3.63) is 107 Å². The minimum Gasteiger partial charge on any atom is -0.307 e. The Morgan fingerprint density at radius 1 is 0.795 bits per heavy atom. The van der Waals surface area contributed by atoms with Gasteiger partial charge in [-0.05, 0) is 51.1 Å². The molecule has 206 valence electrons. The highest BCUT2D eigenvalue weighted by atomic mass is 32.2. The summed E-state index contributed by atoms with van der Waals surface area (Å²) in [5.74, 6) is -0.875. The summed E-state index contributed by atoms with van der Waals surface area (Å²) in [5, 5.41) is -2.40. The molecule has 0 bridgehead atoms. The molecule has 0 saturated carbocycles. The first-order valence-electron chi connectivity index (χ1n) is 12.1. The Bertz CT molecular complexity index is 1670. The van der Waals surface area contributed by atoms with E-state index in [-0.39, 0.29) is 34.1 Å². The molecule has 0 saturated heterocycles. The molecular weight excluding hydrogens is 561 g/mol. The van der Waals surface area contributed by atoms with Gasteiger partial charge in [0.1, 0.15) is 4.91 Å². The number of aryl methyl sites for hydroxylation is 1. The molecule has 4 rings (SSSR count). The van der Waals surface area contributed by atoms with Crippen molar-refractivity contribution in [1.29, 1.82) is 0 Å². The predicted molar refractivity (Wildman–Crippen MR) is 147 cm³/mol. The number of carbonyl (C=O) groups is 1. The van der Waals surface area contributed by atoms with Crippen LogP contribution in [0, 0.1) is 6.92 Å². The Hall–Kier alpha value is -2.92. The van der Waals surface area contributed by atoms with Gasteiger partial charge in [0.15, 0.2) is 5.28 Å². The normalized spacial score (nSPS) is 17.9. The maximum absolute atomic E-state index is 14.6. The number of Topliss-reactive ketones (excluding diaryl/α,β-unsaturated/α-hetero) is 1. The molecule has 0 amide bonds. The molecule has 1 atom stereocenters. The number of sulfonamides is 1. The van der Waals surface area contributed by atoms with Gasteiger partial charge in [-0.25, -0.2) is 16.8 Å². The highest BCUT2D eigenvalue weighted by molar-refractivity contribution is 7.96. The third kappa shape index (κ3) is 5.18. The highest BCUT2D eigenvalue weighted by Crippen LogP contribution is 2.66. The molecular formula is C27H28NO8PS2. The number of benzene rings is 3. The Morgan fingerprint density at radius 2 is 1.36 bits per heavy atom. The van der Waals surface area contributed by atoms with E-state index in [1.807, 2.05) is 0 Å². The molecule has 0 fully saturated rings. The number of ketones is 1. The highest BCUT2D eigenvalue weighted by Gasteiger charge is 2.58. The molecule has 0 spiro atoms. The lowest BCUT2D eigenvalue weighted by Crippen LogP contribution is -2.48. The van der Waals surface area contributed by atoms with Crippen molar-refractivity contribution in [2.45, 2.75) is 35.8 Å². The van der Waals surface area contributed by atoms with E-state index in [9.17, 15) is 26.2 Å². The van der Waals surface area contributed by atoms with E-state index in [2.05, 4.69) is 4.72 Å². The molecule has 1 unspecified atom stereocenters. The zero-order valence-electron chi connectivity index (χ0n) is 21.5. The van der Waals surface area contributed by atoms with Crippen LogP contribution in [0.1, 0.15) is 35.3 Å². The van der Waals surface area contributed by atoms with Gasteiger partial charge in [0.25, 0.3) is 0 Å².